The minimum atomic E-state index is 1.08. The molecule has 2 nitrogen and oxygen atoms in total. The van der Waals surface area contributed by atoms with Crippen LogP contribution in [-0.4, -0.2) is 20.2 Å². The summed E-state index contributed by atoms with van der Waals surface area (Å²) in [5, 5.41) is 3.51. The topological polar surface area (TPSA) is 12.5 Å². The number of rotatable bonds is 2. The first kappa shape index (κ1) is 9.84. The molecule has 1 aliphatic rings. The van der Waals surface area contributed by atoms with Crippen molar-refractivity contribution in [3.8, 4) is 5.75 Å². The van der Waals surface area contributed by atoms with Crippen molar-refractivity contribution >= 4 is 16.3 Å². The van der Waals surface area contributed by atoms with Gasteiger partial charge in [0.05, 0.1) is 7.11 Å². The molecular weight excluding hydrogens is 194 g/mol. The fraction of sp³-hybridized carbons (Fsp3) is 0.636. The van der Waals surface area contributed by atoms with Crippen molar-refractivity contribution in [2.45, 2.75) is 26.2 Å². The summed E-state index contributed by atoms with van der Waals surface area (Å²) in [6.07, 6.45) is 4.02. The van der Waals surface area contributed by atoms with Gasteiger partial charge in [-0.05, 0) is 31.6 Å². The first-order valence-electron chi connectivity index (χ1n) is 5.20. The molecule has 1 aromatic rings. The predicted molar refractivity (Wildman–Crippen MR) is 61.7 cm³/mol. The van der Waals surface area contributed by atoms with Gasteiger partial charge in [-0.25, -0.2) is 0 Å². The van der Waals surface area contributed by atoms with E-state index in [1.807, 2.05) is 11.3 Å². The maximum atomic E-state index is 5.44. The van der Waals surface area contributed by atoms with E-state index < -0.39 is 0 Å². The second-order valence-corrected chi connectivity index (χ2v) is 4.66. The van der Waals surface area contributed by atoms with E-state index in [9.17, 15) is 0 Å². The lowest BCUT2D eigenvalue weighted by molar-refractivity contribution is 0.412. The normalized spacial score (nSPS) is 17.1. The average Bonchev–Trinajstić information content (AvgIpc) is 2.61. The van der Waals surface area contributed by atoms with Gasteiger partial charge in [0.2, 0.25) is 0 Å². The van der Waals surface area contributed by atoms with Crippen molar-refractivity contribution in [1.82, 2.24) is 0 Å². The van der Waals surface area contributed by atoms with Crippen LogP contribution in [0.4, 0.5) is 5.00 Å². The molecule has 0 atom stereocenters. The van der Waals surface area contributed by atoms with Crippen molar-refractivity contribution < 1.29 is 4.74 Å². The van der Waals surface area contributed by atoms with Gasteiger partial charge >= 0.3 is 0 Å². The highest BCUT2D eigenvalue weighted by molar-refractivity contribution is 7.14. The third-order valence-corrected chi connectivity index (χ3v) is 3.89. The molecule has 0 radical (unpaired) electrons. The summed E-state index contributed by atoms with van der Waals surface area (Å²) in [5.41, 5.74) is 1.26. The molecule has 0 bridgehead atoms. The Morgan fingerprint density at radius 1 is 1.29 bits per heavy atom. The Labute approximate surface area is 89.5 Å². The van der Waals surface area contributed by atoms with E-state index in [0.29, 0.717) is 0 Å². The first-order valence-corrected chi connectivity index (χ1v) is 6.08. The lowest BCUT2D eigenvalue weighted by Crippen LogP contribution is -2.28. The Morgan fingerprint density at radius 2 is 2.00 bits per heavy atom. The van der Waals surface area contributed by atoms with Crippen LogP contribution in [0.25, 0.3) is 0 Å². The molecule has 0 spiro atoms. The van der Waals surface area contributed by atoms with Crippen LogP contribution in [0.1, 0.15) is 24.8 Å². The summed E-state index contributed by atoms with van der Waals surface area (Å²) in [4.78, 5) is 2.46. The predicted octanol–water partition coefficient (Wildman–Crippen LogP) is 3.06. The third-order valence-electron chi connectivity index (χ3n) is 2.75. The standard InChI is InChI=1S/C11H17NOS/c1-9-8-14-11(10(9)13-2)12-6-4-3-5-7-12/h8H,3-7H2,1-2H3. The van der Waals surface area contributed by atoms with Crippen LogP contribution in [-0.2, 0) is 0 Å². The molecule has 0 N–H and O–H groups in total. The van der Waals surface area contributed by atoms with Crippen LogP contribution >= 0.6 is 11.3 Å². The summed E-state index contributed by atoms with van der Waals surface area (Å²) in [6, 6.07) is 0. The zero-order valence-electron chi connectivity index (χ0n) is 8.88. The monoisotopic (exact) mass is 211 g/mol. The van der Waals surface area contributed by atoms with Gasteiger partial charge < -0.3 is 9.64 Å². The Morgan fingerprint density at radius 3 is 2.64 bits per heavy atom. The highest BCUT2D eigenvalue weighted by atomic mass is 32.1. The molecular formula is C11H17NOS. The maximum Gasteiger partial charge on any atom is 0.156 e. The summed E-state index contributed by atoms with van der Waals surface area (Å²) < 4.78 is 5.44. The van der Waals surface area contributed by atoms with Crippen molar-refractivity contribution in [3.05, 3.63) is 10.9 Å². The molecule has 78 valence electrons. The maximum absolute atomic E-state index is 5.44. The molecule has 2 heterocycles. The summed E-state index contributed by atoms with van der Waals surface area (Å²) in [6.45, 7) is 4.50. The molecule has 14 heavy (non-hydrogen) atoms. The fourth-order valence-corrected chi connectivity index (χ4v) is 3.06. The Hall–Kier alpha value is -0.700. The van der Waals surface area contributed by atoms with Crippen molar-refractivity contribution in [3.63, 3.8) is 0 Å². The highest BCUT2D eigenvalue weighted by Gasteiger charge is 2.17. The largest absolute Gasteiger partial charge is 0.493 e. The zero-order valence-corrected chi connectivity index (χ0v) is 9.69. The molecule has 2 rings (SSSR count). The molecule has 1 fully saturated rings. The van der Waals surface area contributed by atoms with Crippen molar-refractivity contribution in [1.29, 1.82) is 0 Å². The quantitative estimate of drug-likeness (QED) is 0.745. The van der Waals surface area contributed by atoms with E-state index in [0.717, 1.165) is 5.75 Å². The van der Waals surface area contributed by atoms with Gasteiger partial charge in [0.25, 0.3) is 0 Å². The minimum Gasteiger partial charge on any atom is -0.493 e. The van der Waals surface area contributed by atoms with Gasteiger partial charge in [-0.1, -0.05) is 0 Å². The summed E-state index contributed by atoms with van der Waals surface area (Å²) >= 11 is 1.81. The fourth-order valence-electron chi connectivity index (χ4n) is 1.98. The molecule has 1 saturated heterocycles. The number of hydrogen-bond donors (Lipinski definition) is 0. The zero-order chi connectivity index (χ0) is 9.97. The smallest absolute Gasteiger partial charge is 0.156 e. The van der Waals surface area contributed by atoms with Crippen LogP contribution < -0.4 is 9.64 Å². The molecule has 0 aromatic carbocycles. The van der Waals surface area contributed by atoms with E-state index in [-0.39, 0.29) is 0 Å². The molecule has 0 aliphatic carbocycles. The van der Waals surface area contributed by atoms with Crippen LogP contribution in [0.3, 0.4) is 0 Å². The SMILES string of the molecule is COc1c(C)csc1N1CCCCC1. The highest BCUT2D eigenvalue weighted by Crippen LogP contribution is 2.39. The van der Waals surface area contributed by atoms with Crippen molar-refractivity contribution in [2.24, 2.45) is 0 Å². The number of anilines is 1. The number of nitrogens with zero attached hydrogens (tertiary/aromatic N) is 1. The van der Waals surface area contributed by atoms with Crippen molar-refractivity contribution in [2.75, 3.05) is 25.1 Å². The van der Waals surface area contributed by atoms with Crippen LogP contribution in [0.15, 0.2) is 5.38 Å². The lowest BCUT2D eigenvalue weighted by atomic mass is 10.1. The van der Waals surface area contributed by atoms with E-state index in [1.165, 1.54) is 42.9 Å². The molecule has 0 amide bonds. The van der Waals surface area contributed by atoms with Gasteiger partial charge in [0, 0.05) is 18.7 Å². The molecule has 0 saturated carbocycles. The average molecular weight is 211 g/mol. The molecule has 1 aliphatic heterocycles. The van der Waals surface area contributed by atoms with E-state index >= 15 is 0 Å². The van der Waals surface area contributed by atoms with Crippen LogP contribution in [0.5, 0.6) is 5.75 Å². The van der Waals surface area contributed by atoms with Gasteiger partial charge in [-0.3, -0.25) is 0 Å². The van der Waals surface area contributed by atoms with Crippen LogP contribution in [0.2, 0.25) is 0 Å². The van der Waals surface area contributed by atoms with Gasteiger partial charge in [0.15, 0.2) is 5.75 Å². The number of piperidine rings is 1. The van der Waals surface area contributed by atoms with E-state index in [4.69, 9.17) is 4.74 Å². The summed E-state index contributed by atoms with van der Waals surface area (Å²) in [7, 11) is 1.77. The molecule has 0 unspecified atom stereocenters. The Kier molecular flexibility index (Phi) is 2.96. The molecule has 1 aromatic heterocycles. The number of thiophene rings is 1. The second kappa shape index (κ2) is 4.22. The molecule has 3 heteroatoms. The summed E-state index contributed by atoms with van der Waals surface area (Å²) in [5.74, 6) is 1.08. The van der Waals surface area contributed by atoms with E-state index in [2.05, 4.69) is 17.2 Å². The number of aryl methyl sites for hydroxylation is 1. The Balaban J connectivity index is 2.21. The minimum absolute atomic E-state index is 1.08. The number of ether oxygens (including phenoxy) is 1. The number of hydrogen-bond acceptors (Lipinski definition) is 3. The first-order chi connectivity index (χ1) is 6.83. The van der Waals surface area contributed by atoms with Gasteiger partial charge in [0.1, 0.15) is 5.00 Å². The Bertz CT molecular complexity index is 302. The van der Waals surface area contributed by atoms with E-state index in [1.54, 1.807) is 7.11 Å². The number of methoxy groups -OCH3 is 1. The van der Waals surface area contributed by atoms with Gasteiger partial charge in [-0.15, -0.1) is 11.3 Å². The second-order valence-electron chi connectivity index (χ2n) is 3.80. The van der Waals surface area contributed by atoms with Gasteiger partial charge in [-0.2, -0.15) is 0 Å². The van der Waals surface area contributed by atoms with Crippen LogP contribution in [0, 0.1) is 6.92 Å². The third kappa shape index (κ3) is 1.73. The lowest BCUT2D eigenvalue weighted by Gasteiger charge is -2.28.